The molecule has 0 bridgehead atoms. The molecule has 1 unspecified atom stereocenters. The number of rotatable bonds is 5. The number of aliphatic hydroxyl groups is 1. The summed E-state index contributed by atoms with van der Waals surface area (Å²) in [4.78, 5) is 27.5. The van der Waals surface area contributed by atoms with E-state index in [2.05, 4.69) is 10.2 Å². The van der Waals surface area contributed by atoms with Gasteiger partial charge in [0.05, 0.1) is 18.7 Å². The van der Waals surface area contributed by atoms with Crippen LogP contribution in [0.25, 0.3) is 5.76 Å². The van der Waals surface area contributed by atoms with Crippen LogP contribution in [-0.2, 0) is 16.0 Å². The summed E-state index contributed by atoms with van der Waals surface area (Å²) in [6, 6.07) is 13.3. The third-order valence-electron chi connectivity index (χ3n) is 5.17. The molecular weight excluding hydrogens is 414 g/mol. The maximum Gasteiger partial charge on any atom is 0.301 e. The molecule has 1 fully saturated rings. The number of benzene rings is 2. The zero-order valence-electron chi connectivity index (χ0n) is 17.3. The van der Waals surface area contributed by atoms with Gasteiger partial charge in [0.1, 0.15) is 16.5 Å². The molecule has 4 rings (SSSR count). The molecule has 7 nitrogen and oxygen atoms in total. The molecule has 0 saturated carbocycles. The third kappa shape index (κ3) is 3.70. The molecule has 1 N–H and O–H groups in total. The molecule has 0 radical (unpaired) electrons. The number of hydrogen-bond acceptors (Lipinski definition) is 7. The van der Waals surface area contributed by atoms with E-state index in [0.717, 1.165) is 10.6 Å². The summed E-state index contributed by atoms with van der Waals surface area (Å²) in [5.74, 6) is -1.08. The fraction of sp³-hybridized carbons (Fsp3) is 0.217. The summed E-state index contributed by atoms with van der Waals surface area (Å²) in [7, 11) is 1.56. The molecule has 8 heteroatoms. The first-order valence-corrected chi connectivity index (χ1v) is 10.6. The maximum atomic E-state index is 13.1. The van der Waals surface area contributed by atoms with Crippen LogP contribution in [0.15, 0.2) is 54.1 Å². The van der Waals surface area contributed by atoms with E-state index < -0.39 is 17.7 Å². The molecule has 158 valence electrons. The summed E-state index contributed by atoms with van der Waals surface area (Å²) >= 11 is 1.26. The molecule has 2 aromatic carbocycles. The van der Waals surface area contributed by atoms with E-state index >= 15 is 0 Å². The monoisotopic (exact) mass is 435 g/mol. The Kier molecular flexibility index (Phi) is 5.56. The van der Waals surface area contributed by atoms with Gasteiger partial charge in [-0.05, 0) is 31.0 Å². The number of ether oxygens (including phenoxy) is 1. The third-order valence-corrected chi connectivity index (χ3v) is 6.23. The number of amides is 1. The van der Waals surface area contributed by atoms with E-state index in [1.165, 1.54) is 16.2 Å². The van der Waals surface area contributed by atoms with E-state index in [9.17, 15) is 14.7 Å². The quantitative estimate of drug-likeness (QED) is 0.369. The average molecular weight is 436 g/mol. The van der Waals surface area contributed by atoms with E-state index in [0.29, 0.717) is 28.4 Å². The fourth-order valence-corrected chi connectivity index (χ4v) is 4.29. The van der Waals surface area contributed by atoms with Crippen LogP contribution < -0.4 is 9.64 Å². The van der Waals surface area contributed by atoms with Gasteiger partial charge in [-0.2, -0.15) is 0 Å². The molecule has 3 aromatic rings. The second-order valence-corrected chi connectivity index (χ2v) is 8.18. The van der Waals surface area contributed by atoms with Crippen LogP contribution in [0.4, 0.5) is 5.13 Å². The number of aryl methyl sites for hydroxylation is 2. The fourth-order valence-electron chi connectivity index (χ4n) is 3.48. The zero-order valence-corrected chi connectivity index (χ0v) is 18.1. The lowest BCUT2D eigenvalue weighted by Gasteiger charge is -2.22. The smallest absolute Gasteiger partial charge is 0.301 e. The van der Waals surface area contributed by atoms with Crippen molar-refractivity contribution >= 4 is 33.9 Å². The van der Waals surface area contributed by atoms with Crippen LogP contribution in [-0.4, -0.2) is 34.1 Å². The minimum atomic E-state index is -0.829. The van der Waals surface area contributed by atoms with Gasteiger partial charge in [-0.1, -0.05) is 60.2 Å². The molecule has 1 amide bonds. The van der Waals surface area contributed by atoms with Crippen LogP contribution in [0.5, 0.6) is 5.75 Å². The largest absolute Gasteiger partial charge is 0.507 e. The van der Waals surface area contributed by atoms with Crippen molar-refractivity contribution in [3.63, 3.8) is 0 Å². The molecule has 1 saturated heterocycles. The zero-order chi connectivity index (χ0) is 22.1. The second kappa shape index (κ2) is 8.31. The van der Waals surface area contributed by atoms with E-state index in [1.807, 2.05) is 26.0 Å². The number of aromatic nitrogens is 2. The summed E-state index contributed by atoms with van der Waals surface area (Å²) < 4.78 is 5.23. The number of ketones is 1. The van der Waals surface area contributed by atoms with Gasteiger partial charge in [-0.25, -0.2) is 0 Å². The first kappa shape index (κ1) is 20.7. The first-order chi connectivity index (χ1) is 14.9. The summed E-state index contributed by atoms with van der Waals surface area (Å²) in [5.41, 5.74) is 2.16. The van der Waals surface area contributed by atoms with Gasteiger partial charge in [0.2, 0.25) is 5.13 Å². The summed E-state index contributed by atoms with van der Waals surface area (Å²) in [6.07, 6.45) is 0.665. The van der Waals surface area contributed by atoms with Crippen molar-refractivity contribution in [2.75, 3.05) is 12.0 Å². The van der Waals surface area contributed by atoms with Crippen molar-refractivity contribution in [1.82, 2.24) is 10.2 Å². The topological polar surface area (TPSA) is 92.6 Å². The Morgan fingerprint density at radius 1 is 1.10 bits per heavy atom. The minimum Gasteiger partial charge on any atom is -0.507 e. The first-order valence-electron chi connectivity index (χ1n) is 9.79. The Hall–Kier alpha value is -3.52. The standard InChI is InChI=1S/C23H21N3O4S/c1-4-17-24-25-23(31-17)26-19(14-9-11-16(30-3)12-10-14)18(21(28)22(26)29)20(27)15-7-5-13(2)6-8-15/h5-12,19,27H,4H2,1-3H3/b20-18+. The van der Waals surface area contributed by atoms with E-state index in [-0.39, 0.29) is 11.3 Å². The predicted molar refractivity (Wildman–Crippen MR) is 118 cm³/mol. The lowest BCUT2D eigenvalue weighted by Crippen LogP contribution is -2.29. The Balaban J connectivity index is 1.91. The Labute approximate surface area is 183 Å². The van der Waals surface area contributed by atoms with Gasteiger partial charge in [0.25, 0.3) is 5.78 Å². The van der Waals surface area contributed by atoms with Crippen molar-refractivity contribution in [1.29, 1.82) is 0 Å². The number of aliphatic hydroxyl groups excluding tert-OH is 1. The van der Waals surface area contributed by atoms with Gasteiger partial charge < -0.3 is 9.84 Å². The highest BCUT2D eigenvalue weighted by Crippen LogP contribution is 2.43. The Morgan fingerprint density at radius 3 is 2.35 bits per heavy atom. The molecular formula is C23H21N3O4S. The summed E-state index contributed by atoms with van der Waals surface area (Å²) in [6.45, 7) is 3.87. The van der Waals surface area contributed by atoms with Gasteiger partial charge in [0, 0.05) is 5.56 Å². The Morgan fingerprint density at radius 2 is 1.77 bits per heavy atom. The number of methoxy groups -OCH3 is 1. The molecule has 1 aliphatic rings. The Bertz CT molecular complexity index is 1170. The molecule has 1 aromatic heterocycles. The molecule has 0 spiro atoms. The molecule has 2 heterocycles. The highest BCUT2D eigenvalue weighted by molar-refractivity contribution is 7.15. The van der Waals surface area contributed by atoms with Crippen molar-refractivity contribution in [3.05, 3.63) is 75.8 Å². The van der Waals surface area contributed by atoms with Gasteiger partial charge in [-0.3, -0.25) is 14.5 Å². The number of carbonyl (C=O) groups is 2. The van der Waals surface area contributed by atoms with Gasteiger partial charge in [0.15, 0.2) is 0 Å². The molecule has 31 heavy (non-hydrogen) atoms. The lowest BCUT2D eigenvalue weighted by atomic mass is 9.95. The van der Waals surface area contributed by atoms with Crippen molar-refractivity contribution in [3.8, 4) is 5.75 Å². The highest BCUT2D eigenvalue weighted by atomic mass is 32.1. The average Bonchev–Trinajstić information content (AvgIpc) is 3.36. The van der Waals surface area contributed by atoms with Gasteiger partial charge in [-0.15, -0.1) is 10.2 Å². The van der Waals surface area contributed by atoms with Crippen LogP contribution >= 0.6 is 11.3 Å². The van der Waals surface area contributed by atoms with Crippen LogP contribution in [0, 0.1) is 6.92 Å². The highest BCUT2D eigenvalue weighted by Gasteiger charge is 2.48. The number of carbonyl (C=O) groups excluding carboxylic acids is 2. The van der Waals surface area contributed by atoms with E-state index in [4.69, 9.17) is 4.74 Å². The molecule has 1 aliphatic heterocycles. The molecule has 0 aliphatic carbocycles. The van der Waals surface area contributed by atoms with Crippen molar-refractivity contribution < 1.29 is 19.4 Å². The normalized spacial score (nSPS) is 17.9. The lowest BCUT2D eigenvalue weighted by molar-refractivity contribution is -0.132. The van der Waals surface area contributed by atoms with Crippen LogP contribution in [0.3, 0.4) is 0 Å². The summed E-state index contributed by atoms with van der Waals surface area (Å²) in [5, 5.41) is 20.4. The SMILES string of the molecule is CCc1nnc(N2C(=O)C(=O)/C(=C(/O)c3ccc(C)cc3)C2c2ccc(OC)cc2)s1. The number of anilines is 1. The van der Waals surface area contributed by atoms with Crippen LogP contribution in [0.1, 0.15) is 34.7 Å². The van der Waals surface area contributed by atoms with E-state index in [1.54, 1.807) is 43.5 Å². The maximum absolute atomic E-state index is 13.1. The van der Waals surface area contributed by atoms with Crippen molar-refractivity contribution in [2.24, 2.45) is 0 Å². The number of nitrogens with zero attached hydrogens (tertiary/aromatic N) is 3. The number of Topliss-reactive ketones (excluding diaryl/α,β-unsaturated/α-hetero) is 1. The van der Waals surface area contributed by atoms with Gasteiger partial charge >= 0.3 is 5.91 Å². The number of hydrogen-bond donors (Lipinski definition) is 1. The molecule has 1 atom stereocenters. The van der Waals surface area contributed by atoms with Crippen molar-refractivity contribution in [2.45, 2.75) is 26.3 Å². The second-order valence-electron chi connectivity index (χ2n) is 7.14. The van der Waals surface area contributed by atoms with Crippen LogP contribution in [0.2, 0.25) is 0 Å². The minimum absolute atomic E-state index is 0.0206. The predicted octanol–water partition coefficient (Wildman–Crippen LogP) is 4.04.